The third-order valence-corrected chi connectivity index (χ3v) is 5.89. The van der Waals surface area contributed by atoms with E-state index in [1.54, 1.807) is 29.3 Å². The summed E-state index contributed by atoms with van der Waals surface area (Å²) in [7, 11) is 0. The lowest BCUT2D eigenvalue weighted by atomic mass is 10.2. The van der Waals surface area contributed by atoms with Crippen LogP contribution in [0, 0.1) is 0 Å². The maximum absolute atomic E-state index is 12.8. The number of hydrogen-bond acceptors (Lipinski definition) is 5. The van der Waals surface area contributed by atoms with Crippen LogP contribution in [-0.4, -0.2) is 28.3 Å². The molecule has 0 aliphatic heterocycles. The van der Waals surface area contributed by atoms with E-state index in [1.807, 2.05) is 42.5 Å². The number of hydrogen-bond donors (Lipinski definition) is 0. The summed E-state index contributed by atoms with van der Waals surface area (Å²) >= 11 is 3.08. The number of ether oxygens (including phenoxy) is 1. The number of amides is 1. The van der Waals surface area contributed by atoms with E-state index in [4.69, 9.17) is 4.74 Å². The molecule has 0 atom stereocenters. The number of para-hydroxylation sites is 1. The lowest BCUT2D eigenvalue weighted by Gasteiger charge is -2.06. The van der Waals surface area contributed by atoms with Crippen LogP contribution in [0.5, 0.6) is 0 Å². The van der Waals surface area contributed by atoms with Crippen molar-refractivity contribution < 1.29 is 14.3 Å². The quantitative estimate of drug-likeness (QED) is 0.440. The highest BCUT2D eigenvalue weighted by molar-refractivity contribution is 7.99. The van der Waals surface area contributed by atoms with Crippen molar-refractivity contribution >= 4 is 45.2 Å². The van der Waals surface area contributed by atoms with Gasteiger partial charge in [0.05, 0.1) is 16.8 Å². The second-order valence-corrected chi connectivity index (χ2v) is 9.01. The Labute approximate surface area is 172 Å². The molecule has 3 aromatic rings. The minimum absolute atomic E-state index is 0.0210. The van der Waals surface area contributed by atoms with E-state index in [-0.39, 0.29) is 18.4 Å². The second-order valence-electron chi connectivity index (χ2n) is 6.35. The Balaban J connectivity index is 2.01. The molecule has 0 N–H and O–H groups in total. The van der Waals surface area contributed by atoms with Gasteiger partial charge in [0.1, 0.15) is 6.54 Å². The van der Waals surface area contributed by atoms with Crippen LogP contribution >= 0.6 is 23.1 Å². The summed E-state index contributed by atoms with van der Waals surface area (Å²) in [6, 6.07) is 15.2. The Morgan fingerprint density at radius 2 is 1.96 bits per heavy atom. The lowest BCUT2D eigenvalue weighted by molar-refractivity contribution is -0.143. The summed E-state index contributed by atoms with van der Waals surface area (Å²) in [4.78, 5) is 30.7. The number of aromatic nitrogens is 1. The monoisotopic (exact) mass is 414 g/mol. The standard InChI is InChI=1S/C21H22N2O3S2/c1-4-26-19(24)13-23-17-10-5-6-11-18(17)28-21(23)22-20(25)15-8-7-9-16(12-15)27-14(2)3/h5-12,14H,4,13H2,1-3H3. The summed E-state index contributed by atoms with van der Waals surface area (Å²) in [6.45, 7) is 6.32. The molecule has 0 saturated heterocycles. The molecule has 0 radical (unpaired) electrons. The number of thioether (sulfide) groups is 1. The van der Waals surface area contributed by atoms with E-state index in [1.165, 1.54) is 11.3 Å². The fourth-order valence-electron chi connectivity index (χ4n) is 2.72. The Hall–Kier alpha value is -2.38. The van der Waals surface area contributed by atoms with Crippen LogP contribution in [0.1, 0.15) is 31.1 Å². The maximum atomic E-state index is 12.8. The number of nitrogens with zero attached hydrogens (tertiary/aromatic N) is 2. The molecule has 1 heterocycles. The first-order chi connectivity index (χ1) is 13.5. The molecule has 5 nitrogen and oxygen atoms in total. The van der Waals surface area contributed by atoms with Crippen molar-refractivity contribution in [2.24, 2.45) is 4.99 Å². The Morgan fingerprint density at radius 3 is 2.71 bits per heavy atom. The lowest BCUT2D eigenvalue weighted by Crippen LogP contribution is -2.23. The third-order valence-electron chi connectivity index (χ3n) is 3.83. The van der Waals surface area contributed by atoms with Crippen LogP contribution in [0.15, 0.2) is 58.4 Å². The van der Waals surface area contributed by atoms with Crippen LogP contribution in [0.3, 0.4) is 0 Å². The largest absolute Gasteiger partial charge is 0.465 e. The Kier molecular flexibility index (Phi) is 6.70. The van der Waals surface area contributed by atoms with E-state index < -0.39 is 0 Å². The summed E-state index contributed by atoms with van der Waals surface area (Å²) in [6.07, 6.45) is 0. The molecular weight excluding hydrogens is 392 g/mol. The van der Waals surface area contributed by atoms with Gasteiger partial charge in [-0.15, -0.1) is 11.8 Å². The molecule has 3 rings (SSSR count). The van der Waals surface area contributed by atoms with Gasteiger partial charge >= 0.3 is 5.97 Å². The third kappa shape index (κ3) is 4.91. The highest BCUT2D eigenvalue weighted by atomic mass is 32.2. The molecule has 2 aromatic carbocycles. The zero-order valence-electron chi connectivity index (χ0n) is 16.0. The van der Waals surface area contributed by atoms with E-state index in [0.29, 0.717) is 22.2 Å². The van der Waals surface area contributed by atoms with E-state index >= 15 is 0 Å². The van der Waals surface area contributed by atoms with E-state index in [0.717, 1.165) is 15.1 Å². The van der Waals surface area contributed by atoms with Crippen LogP contribution in [0.25, 0.3) is 10.2 Å². The van der Waals surface area contributed by atoms with Gasteiger partial charge in [0.15, 0.2) is 4.80 Å². The minimum Gasteiger partial charge on any atom is -0.465 e. The molecule has 7 heteroatoms. The molecular formula is C21H22N2O3S2. The SMILES string of the molecule is CCOC(=O)Cn1c(=NC(=O)c2cccc(SC(C)C)c2)sc2ccccc21. The predicted molar refractivity (Wildman–Crippen MR) is 114 cm³/mol. The van der Waals surface area contributed by atoms with Crippen LogP contribution in [0.2, 0.25) is 0 Å². The number of benzene rings is 2. The maximum Gasteiger partial charge on any atom is 0.326 e. The number of thiazole rings is 1. The van der Waals surface area contributed by atoms with Crippen LogP contribution < -0.4 is 4.80 Å². The number of rotatable bonds is 6. The van der Waals surface area contributed by atoms with Crippen molar-refractivity contribution in [3.05, 3.63) is 58.9 Å². The van der Waals surface area contributed by atoms with Gasteiger partial charge in [-0.2, -0.15) is 4.99 Å². The molecule has 0 unspecified atom stereocenters. The van der Waals surface area contributed by atoms with Gasteiger partial charge in [-0.05, 0) is 37.3 Å². The van der Waals surface area contributed by atoms with Gasteiger partial charge in [-0.1, -0.05) is 43.4 Å². The Bertz CT molecular complexity index is 1070. The van der Waals surface area contributed by atoms with E-state index in [2.05, 4.69) is 18.8 Å². The molecule has 0 saturated carbocycles. The van der Waals surface area contributed by atoms with Gasteiger partial charge in [0.2, 0.25) is 0 Å². The van der Waals surface area contributed by atoms with Crippen molar-refractivity contribution in [2.75, 3.05) is 6.61 Å². The van der Waals surface area contributed by atoms with Crippen LogP contribution in [0.4, 0.5) is 0 Å². The first-order valence-electron chi connectivity index (χ1n) is 9.07. The van der Waals surface area contributed by atoms with Crippen molar-refractivity contribution in [3.63, 3.8) is 0 Å². The predicted octanol–water partition coefficient (Wildman–Crippen LogP) is 4.51. The molecule has 1 amide bonds. The van der Waals surface area contributed by atoms with Crippen LogP contribution in [-0.2, 0) is 16.1 Å². The molecule has 0 spiro atoms. The van der Waals surface area contributed by atoms with Gasteiger partial charge in [-0.3, -0.25) is 9.59 Å². The first kappa shape index (κ1) is 20.4. The summed E-state index contributed by atoms with van der Waals surface area (Å²) in [5.74, 6) is -0.675. The minimum atomic E-state index is -0.352. The summed E-state index contributed by atoms with van der Waals surface area (Å²) in [5.41, 5.74) is 1.39. The fraction of sp³-hybridized carbons (Fsp3) is 0.286. The second kappa shape index (κ2) is 9.21. The smallest absolute Gasteiger partial charge is 0.326 e. The number of carbonyl (C=O) groups is 2. The van der Waals surface area contributed by atoms with Crippen molar-refractivity contribution in [1.82, 2.24) is 4.57 Å². The van der Waals surface area contributed by atoms with Crippen molar-refractivity contribution in [3.8, 4) is 0 Å². The van der Waals surface area contributed by atoms with Gasteiger partial charge in [0, 0.05) is 15.7 Å². The normalized spacial score (nSPS) is 11.9. The molecule has 0 aliphatic rings. The highest BCUT2D eigenvalue weighted by Crippen LogP contribution is 2.24. The molecule has 146 valence electrons. The molecule has 0 bridgehead atoms. The molecule has 0 fully saturated rings. The topological polar surface area (TPSA) is 60.7 Å². The average molecular weight is 415 g/mol. The fourth-order valence-corrected chi connectivity index (χ4v) is 4.64. The average Bonchev–Trinajstić information content (AvgIpc) is 2.99. The van der Waals surface area contributed by atoms with Gasteiger partial charge < -0.3 is 9.30 Å². The Morgan fingerprint density at radius 1 is 1.18 bits per heavy atom. The first-order valence-corrected chi connectivity index (χ1v) is 10.8. The van der Waals surface area contributed by atoms with Crippen molar-refractivity contribution in [1.29, 1.82) is 0 Å². The summed E-state index contributed by atoms with van der Waals surface area (Å²) < 4.78 is 7.78. The highest BCUT2D eigenvalue weighted by Gasteiger charge is 2.13. The van der Waals surface area contributed by atoms with Gasteiger partial charge in [0.25, 0.3) is 5.91 Å². The van der Waals surface area contributed by atoms with Gasteiger partial charge in [-0.25, -0.2) is 0 Å². The zero-order chi connectivity index (χ0) is 20.1. The number of fused-ring (bicyclic) bond motifs is 1. The molecule has 0 aliphatic carbocycles. The van der Waals surface area contributed by atoms with E-state index in [9.17, 15) is 9.59 Å². The number of esters is 1. The molecule has 28 heavy (non-hydrogen) atoms. The number of carbonyl (C=O) groups excluding carboxylic acids is 2. The van der Waals surface area contributed by atoms with Crippen molar-refractivity contribution in [2.45, 2.75) is 37.5 Å². The summed E-state index contributed by atoms with van der Waals surface area (Å²) in [5, 5.41) is 0.427. The zero-order valence-corrected chi connectivity index (χ0v) is 17.7. The molecule has 1 aromatic heterocycles.